The summed E-state index contributed by atoms with van der Waals surface area (Å²) in [6.45, 7) is 9.14. The maximum Gasteiger partial charge on any atom is 0.193 e. The van der Waals surface area contributed by atoms with Crippen molar-refractivity contribution in [2.24, 2.45) is 17.8 Å². The lowest BCUT2D eigenvalue weighted by Crippen LogP contribution is -2.16. The van der Waals surface area contributed by atoms with E-state index < -0.39 is 0 Å². The van der Waals surface area contributed by atoms with Crippen molar-refractivity contribution < 1.29 is 24.1 Å². The second-order valence-corrected chi connectivity index (χ2v) is 10.9. The summed E-state index contributed by atoms with van der Waals surface area (Å²) in [6.07, 6.45) is 12.9. The van der Waals surface area contributed by atoms with Crippen LogP contribution in [0, 0.1) is 17.8 Å². The molecule has 40 heavy (non-hydrogen) atoms. The minimum atomic E-state index is 0.0167. The zero-order valence-corrected chi connectivity index (χ0v) is 24.9. The first-order chi connectivity index (χ1) is 19.6. The van der Waals surface area contributed by atoms with E-state index in [0.717, 1.165) is 44.6 Å². The first kappa shape index (κ1) is 33.7. The molecule has 0 aliphatic heterocycles. The van der Waals surface area contributed by atoms with Crippen LogP contribution in [0.1, 0.15) is 87.1 Å². The van der Waals surface area contributed by atoms with E-state index in [0.29, 0.717) is 42.1 Å². The minimum Gasteiger partial charge on any atom is -0.493 e. The summed E-state index contributed by atoms with van der Waals surface area (Å²) in [7, 11) is 1.76. The molecule has 2 aromatic carbocycles. The Morgan fingerprint density at radius 2 is 1.45 bits per heavy atom. The molecule has 0 heterocycles. The molecule has 0 spiro atoms. The molecule has 0 fully saturated rings. The normalized spacial score (nSPS) is 13.5. The van der Waals surface area contributed by atoms with Crippen LogP contribution in [0.4, 0.5) is 0 Å². The number of hydrogen-bond donors (Lipinski definition) is 1. The van der Waals surface area contributed by atoms with Crippen LogP contribution < -0.4 is 4.74 Å². The summed E-state index contributed by atoms with van der Waals surface area (Å²) in [5.41, 5.74) is 1.35. The van der Waals surface area contributed by atoms with E-state index >= 15 is 0 Å². The molecule has 222 valence electrons. The lowest BCUT2D eigenvalue weighted by Gasteiger charge is -2.23. The Morgan fingerprint density at radius 3 is 2.08 bits per heavy atom. The number of aliphatic hydroxyl groups excluding tert-OH is 1. The number of methoxy groups -OCH3 is 1. The lowest BCUT2D eigenvalue weighted by atomic mass is 9.86. The third-order valence-electron chi connectivity index (χ3n) is 7.75. The summed E-state index contributed by atoms with van der Waals surface area (Å²) in [5, 5.41) is 9.44. The molecule has 0 aliphatic carbocycles. The highest BCUT2D eigenvalue weighted by Crippen LogP contribution is 2.27. The highest BCUT2D eigenvalue weighted by atomic mass is 16.5. The van der Waals surface area contributed by atoms with E-state index in [4.69, 9.17) is 14.2 Å². The predicted molar refractivity (Wildman–Crippen MR) is 164 cm³/mol. The van der Waals surface area contributed by atoms with Crippen LogP contribution in [0.15, 0.2) is 67.3 Å². The number of ketones is 1. The molecule has 0 aromatic heterocycles. The minimum absolute atomic E-state index is 0.0167. The average molecular weight is 553 g/mol. The van der Waals surface area contributed by atoms with Crippen molar-refractivity contribution in [1.29, 1.82) is 0 Å². The van der Waals surface area contributed by atoms with Crippen LogP contribution in [0.5, 0.6) is 5.75 Å². The van der Waals surface area contributed by atoms with Gasteiger partial charge in [-0.1, -0.05) is 69.0 Å². The fourth-order valence-electron chi connectivity index (χ4n) is 5.17. The number of rotatable bonds is 24. The molecule has 3 atom stereocenters. The Balaban J connectivity index is 1.84. The first-order valence-electron chi connectivity index (χ1n) is 15.2. The van der Waals surface area contributed by atoms with E-state index in [2.05, 4.69) is 13.5 Å². The number of benzene rings is 2. The van der Waals surface area contributed by atoms with Gasteiger partial charge in [0.1, 0.15) is 5.75 Å². The summed E-state index contributed by atoms with van der Waals surface area (Å²) in [5.74, 6) is 2.45. The quantitative estimate of drug-likeness (QED) is 0.0814. The van der Waals surface area contributed by atoms with Gasteiger partial charge in [-0.25, -0.2) is 0 Å². The maximum atomic E-state index is 12.7. The van der Waals surface area contributed by atoms with Crippen LogP contribution in [-0.4, -0.2) is 51.0 Å². The number of carbonyl (C=O) groups is 1. The fourth-order valence-corrected chi connectivity index (χ4v) is 5.17. The third kappa shape index (κ3) is 13.7. The molecule has 3 unspecified atom stereocenters. The van der Waals surface area contributed by atoms with Gasteiger partial charge >= 0.3 is 0 Å². The van der Waals surface area contributed by atoms with Gasteiger partial charge in [0.05, 0.1) is 13.2 Å². The second kappa shape index (κ2) is 21.3. The number of hydrogen-bond acceptors (Lipinski definition) is 5. The van der Waals surface area contributed by atoms with Crippen molar-refractivity contribution in [3.63, 3.8) is 0 Å². The molecule has 2 rings (SSSR count). The summed E-state index contributed by atoms with van der Waals surface area (Å²) < 4.78 is 17.2. The Labute approximate surface area is 242 Å². The molecule has 5 heteroatoms. The zero-order chi connectivity index (χ0) is 28.8. The van der Waals surface area contributed by atoms with E-state index in [1.54, 1.807) is 7.11 Å². The van der Waals surface area contributed by atoms with Crippen LogP contribution in [0.3, 0.4) is 0 Å². The van der Waals surface area contributed by atoms with Gasteiger partial charge in [0, 0.05) is 38.1 Å². The molecule has 0 saturated carbocycles. The smallest absolute Gasteiger partial charge is 0.193 e. The van der Waals surface area contributed by atoms with Crippen LogP contribution >= 0.6 is 0 Å². The van der Waals surface area contributed by atoms with Crippen molar-refractivity contribution in [1.82, 2.24) is 0 Å². The van der Waals surface area contributed by atoms with Gasteiger partial charge in [-0.05, 0) is 80.5 Å². The monoisotopic (exact) mass is 552 g/mol. The standard InChI is InChI=1S/C35H52O5/c1-4-25-39-27-30(12-9-10-26-38-3)18-16-29(5-2)17-19-31(13-11-24-36)28-40-34-22-20-33(21-23-34)35(37)32-14-7-6-8-15-32/h4,6-8,14-15,20-23,29-31,36H,1,5,9-13,16-19,24-28H2,2-3H3. The largest absolute Gasteiger partial charge is 0.493 e. The Hall–Kier alpha value is -2.47. The lowest BCUT2D eigenvalue weighted by molar-refractivity contribution is 0.103. The SMILES string of the molecule is C=CCOCC(CCCCOC)CCC(CC)CCC(CCCO)COc1ccc(C(=O)c2ccccc2)cc1. The van der Waals surface area contributed by atoms with Crippen LogP contribution in [0.2, 0.25) is 0 Å². The van der Waals surface area contributed by atoms with Crippen molar-refractivity contribution in [2.75, 3.05) is 40.1 Å². The van der Waals surface area contributed by atoms with Crippen molar-refractivity contribution in [2.45, 2.75) is 71.1 Å². The second-order valence-electron chi connectivity index (χ2n) is 10.9. The van der Waals surface area contributed by atoms with Crippen molar-refractivity contribution in [3.8, 4) is 5.75 Å². The van der Waals surface area contributed by atoms with Crippen LogP contribution in [0.25, 0.3) is 0 Å². The van der Waals surface area contributed by atoms with Gasteiger partial charge in [0.2, 0.25) is 0 Å². The van der Waals surface area contributed by atoms with E-state index in [1.165, 1.54) is 38.5 Å². The molecule has 0 aliphatic rings. The molecule has 5 nitrogen and oxygen atoms in total. The van der Waals surface area contributed by atoms with Crippen molar-refractivity contribution >= 4 is 5.78 Å². The highest BCUT2D eigenvalue weighted by molar-refractivity contribution is 6.08. The van der Waals surface area contributed by atoms with Gasteiger partial charge in [-0.15, -0.1) is 6.58 Å². The van der Waals surface area contributed by atoms with E-state index in [-0.39, 0.29) is 12.4 Å². The summed E-state index contributed by atoms with van der Waals surface area (Å²) >= 11 is 0. The third-order valence-corrected chi connectivity index (χ3v) is 7.75. The van der Waals surface area contributed by atoms with Gasteiger partial charge in [-0.2, -0.15) is 0 Å². The average Bonchev–Trinajstić information content (AvgIpc) is 3.00. The van der Waals surface area contributed by atoms with Crippen LogP contribution in [-0.2, 0) is 9.47 Å². The highest BCUT2D eigenvalue weighted by Gasteiger charge is 2.17. The molecule has 0 saturated heterocycles. The molecule has 0 bridgehead atoms. The maximum absolute atomic E-state index is 12.7. The Kier molecular flexibility index (Phi) is 18.0. The molecule has 2 aromatic rings. The number of ether oxygens (including phenoxy) is 3. The molecule has 0 amide bonds. The summed E-state index contributed by atoms with van der Waals surface area (Å²) in [4.78, 5) is 12.7. The predicted octanol–water partition coefficient (Wildman–Crippen LogP) is 7.91. The number of aliphatic hydroxyl groups is 1. The first-order valence-corrected chi connectivity index (χ1v) is 15.2. The number of unbranched alkanes of at least 4 members (excludes halogenated alkanes) is 1. The summed E-state index contributed by atoms with van der Waals surface area (Å²) in [6, 6.07) is 16.8. The van der Waals surface area contributed by atoms with E-state index in [9.17, 15) is 9.90 Å². The van der Waals surface area contributed by atoms with Gasteiger partial charge < -0.3 is 19.3 Å². The fraction of sp³-hybridized carbons (Fsp3) is 0.571. The van der Waals surface area contributed by atoms with Gasteiger partial charge in [0.25, 0.3) is 0 Å². The Morgan fingerprint density at radius 1 is 0.825 bits per heavy atom. The zero-order valence-electron chi connectivity index (χ0n) is 24.9. The molecule has 0 radical (unpaired) electrons. The molecule has 1 N–H and O–H groups in total. The Bertz CT molecular complexity index is 911. The number of carbonyl (C=O) groups excluding carboxylic acids is 1. The van der Waals surface area contributed by atoms with Gasteiger partial charge in [0.15, 0.2) is 5.78 Å². The van der Waals surface area contributed by atoms with E-state index in [1.807, 2.05) is 60.7 Å². The molecular weight excluding hydrogens is 500 g/mol. The molecular formula is C35H52O5. The topological polar surface area (TPSA) is 65.0 Å². The van der Waals surface area contributed by atoms with Crippen molar-refractivity contribution in [3.05, 3.63) is 78.4 Å². The van der Waals surface area contributed by atoms with Gasteiger partial charge in [-0.3, -0.25) is 4.79 Å².